The second-order valence-electron chi connectivity index (χ2n) is 8.24. The molecule has 1 amide bonds. The van der Waals surface area contributed by atoms with E-state index in [1.807, 2.05) is 0 Å². The highest BCUT2D eigenvalue weighted by Gasteiger charge is 2.39. The summed E-state index contributed by atoms with van der Waals surface area (Å²) in [5, 5.41) is 19.2. The van der Waals surface area contributed by atoms with Crippen LogP contribution < -0.4 is 0 Å². The molecular formula is C25H27F2NO5. The number of hydrogen-bond acceptors (Lipinski definition) is 4. The maximum Gasteiger partial charge on any atom is 0.410 e. The molecule has 0 bridgehead atoms. The molecular weight excluding hydrogens is 432 g/mol. The molecule has 0 aromatic heterocycles. The SMILES string of the molecule is Cc1cc(C)cc(C(F)(F)C(O)C=CC2CCOC(=O)N2CCc2ccc(C(=O)O)cc2)c1. The first-order valence-electron chi connectivity index (χ1n) is 10.7. The minimum atomic E-state index is -3.49. The molecule has 0 spiro atoms. The summed E-state index contributed by atoms with van der Waals surface area (Å²) in [6.07, 6.45) is 0.684. The van der Waals surface area contributed by atoms with Crippen molar-refractivity contribution in [2.45, 2.75) is 44.8 Å². The van der Waals surface area contributed by atoms with Crippen molar-refractivity contribution in [3.8, 4) is 0 Å². The van der Waals surface area contributed by atoms with Crippen LogP contribution in [0.1, 0.15) is 39.0 Å². The van der Waals surface area contributed by atoms with Crippen LogP contribution in [0.25, 0.3) is 0 Å². The summed E-state index contributed by atoms with van der Waals surface area (Å²) in [5.74, 6) is -4.51. The zero-order valence-electron chi connectivity index (χ0n) is 18.5. The van der Waals surface area contributed by atoms with Crippen molar-refractivity contribution in [2.24, 2.45) is 0 Å². The number of cyclic esters (lactones) is 1. The summed E-state index contributed by atoms with van der Waals surface area (Å²) in [6, 6.07) is 10.3. The smallest absolute Gasteiger partial charge is 0.410 e. The lowest BCUT2D eigenvalue weighted by atomic mass is 9.97. The molecule has 1 aliphatic heterocycles. The quantitative estimate of drug-likeness (QED) is 0.569. The summed E-state index contributed by atoms with van der Waals surface area (Å²) in [7, 11) is 0. The minimum absolute atomic E-state index is 0.154. The number of carbonyl (C=O) groups is 2. The number of alkyl halides is 2. The van der Waals surface area contributed by atoms with Gasteiger partial charge in [-0.1, -0.05) is 41.5 Å². The molecule has 0 saturated carbocycles. The number of carboxylic acid groups (broad SMARTS) is 1. The van der Waals surface area contributed by atoms with E-state index in [0.717, 1.165) is 11.6 Å². The van der Waals surface area contributed by atoms with Crippen molar-refractivity contribution < 1.29 is 33.3 Å². The van der Waals surface area contributed by atoms with E-state index in [1.165, 1.54) is 35.2 Å². The molecule has 2 atom stereocenters. The van der Waals surface area contributed by atoms with E-state index in [4.69, 9.17) is 9.84 Å². The highest BCUT2D eigenvalue weighted by atomic mass is 19.3. The number of nitrogens with zero attached hydrogens (tertiary/aromatic N) is 1. The Kier molecular flexibility index (Phi) is 7.48. The van der Waals surface area contributed by atoms with Crippen molar-refractivity contribution >= 4 is 12.1 Å². The van der Waals surface area contributed by atoms with E-state index in [2.05, 4.69) is 0 Å². The third-order valence-corrected chi connectivity index (χ3v) is 5.61. The number of halogens is 2. The van der Waals surface area contributed by atoms with E-state index in [0.29, 0.717) is 24.0 Å². The number of aromatic carboxylic acids is 1. The summed E-state index contributed by atoms with van der Waals surface area (Å²) >= 11 is 0. The standard InChI is InChI=1S/C25H27F2NO5/c1-16-13-17(2)15-20(14-16)25(26,27)22(29)8-7-21-10-12-33-24(32)28(21)11-9-18-3-5-19(6-4-18)23(30)31/h3-8,13-15,21-22,29H,9-12H2,1-2H3,(H,30,31). The molecule has 0 aliphatic carbocycles. The number of amides is 1. The molecule has 176 valence electrons. The third-order valence-electron chi connectivity index (χ3n) is 5.61. The van der Waals surface area contributed by atoms with Crippen LogP contribution in [0.4, 0.5) is 13.6 Å². The number of carboxylic acids is 1. The number of aliphatic hydroxyl groups excluding tert-OH is 1. The van der Waals surface area contributed by atoms with Crippen molar-refractivity contribution in [2.75, 3.05) is 13.2 Å². The molecule has 2 unspecified atom stereocenters. The molecule has 2 N–H and O–H groups in total. The largest absolute Gasteiger partial charge is 0.478 e. The van der Waals surface area contributed by atoms with Gasteiger partial charge >= 0.3 is 18.0 Å². The van der Waals surface area contributed by atoms with Crippen LogP contribution in [0.15, 0.2) is 54.6 Å². The Morgan fingerprint density at radius 2 is 1.85 bits per heavy atom. The predicted molar refractivity (Wildman–Crippen MR) is 119 cm³/mol. The van der Waals surface area contributed by atoms with Gasteiger partial charge in [0.2, 0.25) is 0 Å². The lowest BCUT2D eigenvalue weighted by Crippen LogP contribution is -2.45. The molecule has 0 radical (unpaired) electrons. The number of rotatable bonds is 8. The van der Waals surface area contributed by atoms with Gasteiger partial charge in [-0.15, -0.1) is 0 Å². The Morgan fingerprint density at radius 1 is 1.21 bits per heavy atom. The first-order valence-corrected chi connectivity index (χ1v) is 10.7. The van der Waals surface area contributed by atoms with Gasteiger partial charge in [-0.2, -0.15) is 8.78 Å². The lowest BCUT2D eigenvalue weighted by molar-refractivity contribution is -0.0930. The monoisotopic (exact) mass is 459 g/mol. The summed E-state index contributed by atoms with van der Waals surface area (Å²) in [4.78, 5) is 24.7. The number of hydrogen-bond donors (Lipinski definition) is 2. The highest BCUT2D eigenvalue weighted by Crippen LogP contribution is 2.34. The Morgan fingerprint density at radius 3 is 2.45 bits per heavy atom. The normalized spacial score (nSPS) is 17.8. The van der Waals surface area contributed by atoms with Crippen LogP contribution in [-0.2, 0) is 17.1 Å². The van der Waals surface area contributed by atoms with Gasteiger partial charge in [0.1, 0.15) is 6.10 Å². The third kappa shape index (κ3) is 5.96. The van der Waals surface area contributed by atoms with E-state index in [1.54, 1.807) is 32.0 Å². The van der Waals surface area contributed by atoms with Crippen molar-refractivity contribution in [3.05, 3.63) is 82.4 Å². The average Bonchev–Trinajstić information content (AvgIpc) is 2.76. The zero-order valence-corrected chi connectivity index (χ0v) is 18.5. The fourth-order valence-electron chi connectivity index (χ4n) is 3.85. The Labute approximate surface area is 191 Å². The van der Waals surface area contributed by atoms with Crippen LogP contribution in [0, 0.1) is 13.8 Å². The predicted octanol–water partition coefficient (Wildman–Crippen LogP) is 4.46. The van der Waals surface area contributed by atoms with E-state index < -0.39 is 30.1 Å². The average molecular weight is 459 g/mol. The van der Waals surface area contributed by atoms with Gasteiger partial charge in [0.15, 0.2) is 0 Å². The number of ether oxygens (including phenoxy) is 1. The second-order valence-corrected chi connectivity index (χ2v) is 8.24. The van der Waals surface area contributed by atoms with Gasteiger partial charge in [-0.05, 0) is 50.1 Å². The van der Waals surface area contributed by atoms with E-state index in [-0.39, 0.29) is 24.3 Å². The molecule has 1 aliphatic rings. The zero-order chi connectivity index (χ0) is 24.2. The fourth-order valence-corrected chi connectivity index (χ4v) is 3.85. The topological polar surface area (TPSA) is 87.1 Å². The van der Waals surface area contributed by atoms with Gasteiger partial charge < -0.3 is 19.8 Å². The van der Waals surface area contributed by atoms with Crippen molar-refractivity contribution in [1.82, 2.24) is 4.90 Å². The number of aliphatic hydroxyl groups is 1. The van der Waals surface area contributed by atoms with Gasteiger partial charge in [0, 0.05) is 18.5 Å². The van der Waals surface area contributed by atoms with Crippen LogP contribution in [0.2, 0.25) is 0 Å². The van der Waals surface area contributed by atoms with E-state index in [9.17, 15) is 23.5 Å². The molecule has 1 heterocycles. The Balaban J connectivity index is 1.70. The first-order chi connectivity index (χ1) is 15.6. The van der Waals surface area contributed by atoms with Crippen LogP contribution in [-0.4, -0.2) is 52.5 Å². The first kappa shape index (κ1) is 24.4. The van der Waals surface area contributed by atoms with Crippen molar-refractivity contribution in [1.29, 1.82) is 0 Å². The highest BCUT2D eigenvalue weighted by molar-refractivity contribution is 5.87. The second kappa shape index (κ2) is 10.1. The van der Waals surface area contributed by atoms with Gasteiger partial charge in [0.25, 0.3) is 0 Å². The lowest BCUT2D eigenvalue weighted by Gasteiger charge is -2.33. The summed E-state index contributed by atoms with van der Waals surface area (Å²) < 4.78 is 34.8. The maximum atomic E-state index is 14.8. The van der Waals surface area contributed by atoms with Crippen LogP contribution in [0.5, 0.6) is 0 Å². The molecule has 6 nitrogen and oxygen atoms in total. The minimum Gasteiger partial charge on any atom is -0.478 e. The maximum absolute atomic E-state index is 14.8. The van der Waals surface area contributed by atoms with Crippen LogP contribution in [0.3, 0.4) is 0 Å². The molecule has 33 heavy (non-hydrogen) atoms. The molecule has 2 aromatic rings. The summed E-state index contributed by atoms with van der Waals surface area (Å²) in [5.41, 5.74) is 2.08. The van der Waals surface area contributed by atoms with Crippen LogP contribution >= 0.6 is 0 Å². The molecule has 3 rings (SSSR count). The Hall–Kier alpha value is -3.26. The fraction of sp³-hybridized carbons (Fsp3) is 0.360. The van der Waals surface area contributed by atoms with Gasteiger partial charge in [0.05, 0.1) is 18.2 Å². The number of carbonyl (C=O) groups excluding carboxylic acids is 1. The molecule has 1 fully saturated rings. The number of benzene rings is 2. The van der Waals surface area contributed by atoms with Gasteiger partial charge in [-0.3, -0.25) is 0 Å². The van der Waals surface area contributed by atoms with Crippen molar-refractivity contribution in [3.63, 3.8) is 0 Å². The number of aryl methyl sites for hydroxylation is 2. The Bertz CT molecular complexity index is 1020. The molecule has 1 saturated heterocycles. The molecule has 2 aromatic carbocycles. The molecule has 8 heteroatoms. The summed E-state index contributed by atoms with van der Waals surface area (Å²) in [6.45, 7) is 3.84. The van der Waals surface area contributed by atoms with Gasteiger partial charge in [-0.25, -0.2) is 9.59 Å². The van der Waals surface area contributed by atoms with E-state index >= 15 is 0 Å².